The molecule has 200 valence electrons. The Hall–Kier alpha value is -3.83. The van der Waals surface area contributed by atoms with Gasteiger partial charge in [0.25, 0.3) is 5.91 Å². The third kappa shape index (κ3) is 6.35. The lowest BCUT2D eigenvalue weighted by atomic mass is 9.96. The molecule has 8 heteroatoms. The number of benzene rings is 1. The number of aromatic amines is 1. The number of aromatic nitrogens is 2. The molecular formula is C30H39N7O. The van der Waals surface area contributed by atoms with Gasteiger partial charge in [-0.2, -0.15) is 0 Å². The van der Waals surface area contributed by atoms with Crippen LogP contribution in [0.2, 0.25) is 0 Å². The summed E-state index contributed by atoms with van der Waals surface area (Å²) in [5, 5.41) is 6.82. The van der Waals surface area contributed by atoms with E-state index in [9.17, 15) is 4.79 Å². The maximum absolute atomic E-state index is 13.7. The molecule has 1 aliphatic carbocycles. The van der Waals surface area contributed by atoms with Gasteiger partial charge in [0.1, 0.15) is 18.3 Å². The molecule has 2 fully saturated rings. The van der Waals surface area contributed by atoms with Crippen LogP contribution in [0.15, 0.2) is 58.9 Å². The molecule has 1 aromatic heterocycles. The molecule has 2 aliphatic heterocycles. The Morgan fingerprint density at radius 1 is 1.18 bits per heavy atom. The van der Waals surface area contributed by atoms with Crippen molar-refractivity contribution < 1.29 is 4.79 Å². The summed E-state index contributed by atoms with van der Waals surface area (Å²) >= 11 is 0. The molecule has 3 heterocycles. The normalized spacial score (nSPS) is 19.1. The second kappa shape index (κ2) is 13.1. The van der Waals surface area contributed by atoms with Crippen molar-refractivity contribution in [2.45, 2.75) is 52.5 Å². The van der Waals surface area contributed by atoms with E-state index in [0.717, 1.165) is 74.5 Å². The van der Waals surface area contributed by atoms with Crippen LogP contribution in [0, 0.1) is 12.3 Å². The molecule has 1 saturated heterocycles. The molecule has 0 atom stereocenters. The topological polar surface area (TPSA) is 88.6 Å². The number of hydrogen-bond acceptors (Lipinski definition) is 6. The standard InChI is InChI=1S/C27H35N7O.C3H4/c1-19(2)23-17-24(25-29-11-12-30-25)27(35)34(22-5-3-4-6-22)26(23)32-18-31-20-7-9-21(10-8-20)33-15-13-28-14-16-33;1-3-2/h7-12,17,22,28,31H,3-6,13-16,18H2,1-2H3,(H,29,30);1H,2H3/b32-26+;. The van der Waals surface area contributed by atoms with Gasteiger partial charge in [0, 0.05) is 61.6 Å². The van der Waals surface area contributed by atoms with Crippen LogP contribution in [0.4, 0.5) is 11.4 Å². The van der Waals surface area contributed by atoms with Gasteiger partial charge in [0.05, 0.1) is 5.57 Å². The van der Waals surface area contributed by atoms with E-state index in [2.05, 4.69) is 76.0 Å². The van der Waals surface area contributed by atoms with Gasteiger partial charge in [-0.1, -0.05) is 18.4 Å². The number of nitrogens with zero attached hydrogens (tertiary/aromatic N) is 4. The number of allylic oxidation sites excluding steroid dienone is 1. The summed E-state index contributed by atoms with van der Waals surface area (Å²) in [4.78, 5) is 30.4. The summed E-state index contributed by atoms with van der Waals surface area (Å²) in [5.41, 5.74) is 5.00. The highest BCUT2D eigenvalue weighted by atomic mass is 16.2. The van der Waals surface area contributed by atoms with Crippen molar-refractivity contribution in [3.05, 3.63) is 59.7 Å². The fourth-order valence-corrected chi connectivity index (χ4v) is 5.16. The number of carbonyl (C=O) groups excluding carboxylic acids is 1. The molecular weight excluding hydrogens is 474 g/mol. The van der Waals surface area contributed by atoms with E-state index in [1.54, 1.807) is 19.3 Å². The lowest BCUT2D eigenvalue weighted by molar-refractivity contribution is -0.123. The number of amides is 1. The molecule has 1 amide bonds. The average Bonchev–Trinajstić information content (AvgIpc) is 3.65. The van der Waals surface area contributed by atoms with Gasteiger partial charge < -0.3 is 20.5 Å². The third-order valence-electron chi connectivity index (χ3n) is 7.05. The summed E-state index contributed by atoms with van der Waals surface area (Å²) in [7, 11) is 0. The van der Waals surface area contributed by atoms with E-state index < -0.39 is 0 Å². The molecule has 38 heavy (non-hydrogen) atoms. The molecule has 3 aliphatic rings. The van der Waals surface area contributed by atoms with Gasteiger partial charge in [-0.3, -0.25) is 9.69 Å². The highest BCUT2D eigenvalue weighted by molar-refractivity contribution is 6.30. The van der Waals surface area contributed by atoms with Crippen LogP contribution < -0.4 is 15.5 Å². The van der Waals surface area contributed by atoms with Crippen molar-refractivity contribution in [2.75, 3.05) is 43.1 Å². The van der Waals surface area contributed by atoms with Crippen LogP contribution in [0.1, 0.15) is 52.3 Å². The van der Waals surface area contributed by atoms with Gasteiger partial charge >= 0.3 is 0 Å². The van der Waals surface area contributed by atoms with Crippen molar-refractivity contribution in [3.8, 4) is 12.3 Å². The highest BCUT2D eigenvalue weighted by Crippen LogP contribution is 2.33. The summed E-state index contributed by atoms with van der Waals surface area (Å²) in [6.45, 7) is 10.3. The van der Waals surface area contributed by atoms with Crippen LogP contribution in [-0.2, 0) is 4.79 Å². The first-order chi connectivity index (χ1) is 18.5. The van der Waals surface area contributed by atoms with Gasteiger partial charge in [-0.05, 0) is 64.0 Å². The number of terminal acetylenes is 1. The summed E-state index contributed by atoms with van der Waals surface area (Å²) in [6.07, 6.45) is 14.3. The summed E-state index contributed by atoms with van der Waals surface area (Å²) < 4.78 is 0. The SMILES string of the molecule is C#CC.CC(C)=C1C=C(c2ncc[nH]2)C(=O)N(C2CCCC2)/C1=N/CNc1ccc(N2CCNCC2)cc1. The van der Waals surface area contributed by atoms with Crippen LogP contribution in [-0.4, -0.2) is 65.5 Å². The van der Waals surface area contributed by atoms with Crippen LogP contribution >= 0.6 is 0 Å². The molecule has 3 N–H and O–H groups in total. The van der Waals surface area contributed by atoms with Crippen molar-refractivity contribution in [3.63, 3.8) is 0 Å². The second-order valence-electron chi connectivity index (χ2n) is 9.91. The molecule has 1 saturated carbocycles. The Bertz CT molecular complexity index is 1200. The number of rotatable bonds is 6. The van der Waals surface area contributed by atoms with E-state index in [1.807, 2.05) is 11.0 Å². The Kier molecular flexibility index (Phi) is 9.39. The number of amidine groups is 1. The van der Waals surface area contributed by atoms with E-state index in [4.69, 9.17) is 4.99 Å². The van der Waals surface area contributed by atoms with Gasteiger partial charge in [-0.15, -0.1) is 12.3 Å². The quantitative estimate of drug-likeness (QED) is 0.498. The van der Waals surface area contributed by atoms with Crippen molar-refractivity contribution in [1.29, 1.82) is 0 Å². The zero-order chi connectivity index (χ0) is 26.9. The van der Waals surface area contributed by atoms with E-state index >= 15 is 0 Å². The second-order valence-corrected chi connectivity index (χ2v) is 9.91. The number of carbonyl (C=O) groups is 1. The minimum absolute atomic E-state index is 0.0176. The Morgan fingerprint density at radius 2 is 1.87 bits per heavy atom. The van der Waals surface area contributed by atoms with Crippen molar-refractivity contribution in [1.82, 2.24) is 20.2 Å². The molecule has 0 spiro atoms. The minimum Gasteiger partial charge on any atom is -0.369 e. The number of hydrogen-bond donors (Lipinski definition) is 3. The number of imidazole rings is 1. The smallest absolute Gasteiger partial charge is 0.263 e. The first kappa shape index (κ1) is 27.2. The zero-order valence-corrected chi connectivity index (χ0v) is 22.8. The number of anilines is 2. The number of aliphatic imine (C=N–C) groups is 1. The third-order valence-corrected chi connectivity index (χ3v) is 7.05. The predicted octanol–water partition coefficient (Wildman–Crippen LogP) is 4.43. The Balaban J connectivity index is 0.00000107. The van der Waals surface area contributed by atoms with Crippen molar-refractivity contribution in [2.24, 2.45) is 4.99 Å². The molecule has 0 radical (unpaired) electrons. The molecule has 0 unspecified atom stereocenters. The number of H-pyrrole nitrogens is 1. The first-order valence-corrected chi connectivity index (χ1v) is 13.5. The Morgan fingerprint density at radius 3 is 2.47 bits per heavy atom. The fraction of sp³-hybridized carbons (Fsp3) is 0.433. The highest BCUT2D eigenvalue weighted by Gasteiger charge is 2.38. The molecule has 1 aromatic carbocycles. The summed E-state index contributed by atoms with van der Waals surface area (Å²) in [6, 6.07) is 8.71. The largest absolute Gasteiger partial charge is 0.369 e. The van der Waals surface area contributed by atoms with Crippen LogP contribution in [0.5, 0.6) is 0 Å². The molecule has 8 nitrogen and oxygen atoms in total. The fourth-order valence-electron chi connectivity index (χ4n) is 5.16. The minimum atomic E-state index is -0.0176. The molecule has 0 bridgehead atoms. The van der Waals surface area contributed by atoms with Gasteiger partial charge in [0.15, 0.2) is 0 Å². The number of piperazine rings is 1. The molecule has 5 rings (SSSR count). The van der Waals surface area contributed by atoms with E-state index in [1.165, 1.54) is 5.69 Å². The van der Waals surface area contributed by atoms with Crippen molar-refractivity contribution >= 4 is 28.7 Å². The van der Waals surface area contributed by atoms with Crippen LogP contribution in [0.3, 0.4) is 0 Å². The maximum Gasteiger partial charge on any atom is 0.263 e. The van der Waals surface area contributed by atoms with Gasteiger partial charge in [0.2, 0.25) is 0 Å². The lowest BCUT2D eigenvalue weighted by Gasteiger charge is -2.35. The zero-order valence-electron chi connectivity index (χ0n) is 22.8. The first-order valence-electron chi connectivity index (χ1n) is 13.5. The predicted molar refractivity (Wildman–Crippen MR) is 156 cm³/mol. The Labute approximate surface area is 226 Å². The molecule has 2 aromatic rings. The lowest BCUT2D eigenvalue weighted by Crippen LogP contribution is -2.47. The summed E-state index contributed by atoms with van der Waals surface area (Å²) in [5.74, 6) is 3.61. The number of nitrogens with one attached hydrogen (secondary N) is 3. The van der Waals surface area contributed by atoms with Crippen LogP contribution in [0.25, 0.3) is 5.57 Å². The average molecular weight is 514 g/mol. The monoisotopic (exact) mass is 513 g/mol. The van der Waals surface area contributed by atoms with E-state index in [-0.39, 0.29) is 11.9 Å². The van der Waals surface area contributed by atoms with E-state index in [0.29, 0.717) is 18.1 Å². The maximum atomic E-state index is 13.7. The van der Waals surface area contributed by atoms with Gasteiger partial charge in [-0.25, -0.2) is 9.98 Å².